The zero-order valence-corrected chi connectivity index (χ0v) is 16.1. The molecule has 1 fully saturated rings. The lowest BCUT2D eigenvalue weighted by Gasteiger charge is -2.35. The standard InChI is InChI=1S/C22H32N2O2/c1-18(25)15-24(20-9-4-3-5-10-20)17-21-11-7-13-23(21)16-19-8-6-12-22(14-19)26-2/h6-8,11-14,18,20,25H,3-5,9-10,15-17H2,1-2H3/t18-/m1/s1. The topological polar surface area (TPSA) is 37.6 Å². The van der Waals surface area contributed by atoms with Crippen molar-refractivity contribution in [3.63, 3.8) is 0 Å². The number of nitrogens with zero attached hydrogens (tertiary/aromatic N) is 2. The van der Waals surface area contributed by atoms with Crippen LogP contribution in [0.15, 0.2) is 42.6 Å². The molecular weight excluding hydrogens is 324 g/mol. The Labute approximate surface area is 157 Å². The second-order valence-electron chi connectivity index (χ2n) is 7.55. The van der Waals surface area contributed by atoms with Gasteiger partial charge in [-0.05, 0) is 49.6 Å². The van der Waals surface area contributed by atoms with Gasteiger partial charge in [0.05, 0.1) is 13.2 Å². The molecule has 0 saturated heterocycles. The first kappa shape index (κ1) is 19.0. The highest BCUT2D eigenvalue weighted by molar-refractivity contribution is 5.29. The van der Waals surface area contributed by atoms with Gasteiger partial charge < -0.3 is 14.4 Å². The highest BCUT2D eigenvalue weighted by atomic mass is 16.5. The number of aromatic nitrogens is 1. The van der Waals surface area contributed by atoms with E-state index in [4.69, 9.17) is 4.74 Å². The zero-order chi connectivity index (χ0) is 18.4. The van der Waals surface area contributed by atoms with E-state index in [1.807, 2.05) is 19.1 Å². The fourth-order valence-electron chi connectivity index (χ4n) is 4.05. The third kappa shape index (κ3) is 5.12. The number of hydrogen-bond acceptors (Lipinski definition) is 3. The van der Waals surface area contributed by atoms with Crippen LogP contribution in [0.2, 0.25) is 0 Å². The van der Waals surface area contributed by atoms with Gasteiger partial charge in [0.1, 0.15) is 5.75 Å². The predicted molar refractivity (Wildman–Crippen MR) is 105 cm³/mol. The van der Waals surface area contributed by atoms with Gasteiger partial charge in [0.15, 0.2) is 0 Å². The molecule has 1 aromatic carbocycles. The van der Waals surface area contributed by atoms with Gasteiger partial charge in [0, 0.05) is 37.6 Å². The largest absolute Gasteiger partial charge is 0.497 e. The smallest absolute Gasteiger partial charge is 0.119 e. The lowest BCUT2D eigenvalue weighted by Crippen LogP contribution is -2.40. The van der Waals surface area contributed by atoms with Gasteiger partial charge in [-0.3, -0.25) is 4.90 Å². The molecule has 0 aliphatic heterocycles. The lowest BCUT2D eigenvalue weighted by atomic mass is 9.94. The highest BCUT2D eigenvalue weighted by Gasteiger charge is 2.23. The summed E-state index contributed by atoms with van der Waals surface area (Å²) in [6, 6.07) is 13.2. The second kappa shape index (κ2) is 9.24. The molecule has 4 nitrogen and oxygen atoms in total. The Bertz CT molecular complexity index is 674. The molecule has 0 radical (unpaired) electrons. The molecule has 1 N–H and O–H groups in total. The number of hydrogen-bond donors (Lipinski definition) is 1. The minimum atomic E-state index is -0.293. The lowest BCUT2D eigenvalue weighted by molar-refractivity contribution is 0.0752. The van der Waals surface area contributed by atoms with Crippen LogP contribution in [0.3, 0.4) is 0 Å². The van der Waals surface area contributed by atoms with Crippen LogP contribution < -0.4 is 4.74 Å². The molecule has 4 heteroatoms. The van der Waals surface area contributed by atoms with E-state index < -0.39 is 0 Å². The number of benzene rings is 1. The highest BCUT2D eigenvalue weighted by Crippen LogP contribution is 2.25. The van der Waals surface area contributed by atoms with Crippen molar-refractivity contribution in [2.24, 2.45) is 0 Å². The fourth-order valence-corrected chi connectivity index (χ4v) is 4.05. The van der Waals surface area contributed by atoms with E-state index in [-0.39, 0.29) is 6.10 Å². The van der Waals surface area contributed by atoms with Gasteiger partial charge in [0.2, 0.25) is 0 Å². The SMILES string of the molecule is COc1cccc(Cn2cccc2CN(C[C@@H](C)O)C2CCCCC2)c1. The monoisotopic (exact) mass is 356 g/mol. The van der Waals surface area contributed by atoms with Gasteiger partial charge in [0.25, 0.3) is 0 Å². The van der Waals surface area contributed by atoms with E-state index in [9.17, 15) is 5.11 Å². The van der Waals surface area contributed by atoms with E-state index in [1.54, 1.807) is 7.11 Å². The van der Waals surface area contributed by atoms with E-state index >= 15 is 0 Å². The van der Waals surface area contributed by atoms with Crippen molar-refractivity contribution < 1.29 is 9.84 Å². The minimum Gasteiger partial charge on any atom is -0.497 e. The molecule has 1 aromatic heterocycles. The van der Waals surface area contributed by atoms with Crippen LogP contribution in [0, 0.1) is 0 Å². The quantitative estimate of drug-likeness (QED) is 0.775. The summed E-state index contributed by atoms with van der Waals surface area (Å²) in [6.07, 6.45) is 8.34. The van der Waals surface area contributed by atoms with Gasteiger partial charge in [-0.1, -0.05) is 31.4 Å². The Hall–Kier alpha value is -1.78. The van der Waals surface area contributed by atoms with E-state index in [0.29, 0.717) is 6.04 Å². The minimum absolute atomic E-state index is 0.293. The molecule has 1 heterocycles. The molecule has 26 heavy (non-hydrogen) atoms. The molecule has 0 bridgehead atoms. The van der Waals surface area contributed by atoms with Crippen LogP contribution in [0.25, 0.3) is 0 Å². The van der Waals surface area contributed by atoms with Gasteiger partial charge in [-0.2, -0.15) is 0 Å². The number of methoxy groups -OCH3 is 1. The summed E-state index contributed by atoms with van der Waals surface area (Å²) in [5.74, 6) is 0.897. The molecule has 1 aliphatic rings. The molecule has 1 aliphatic carbocycles. The van der Waals surface area contributed by atoms with E-state index in [2.05, 4.69) is 39.9 Å². The predicted octanol–water partition coefficient (Wildman–Crippen LogP) is 4.06. The molecule has 0 amide bonds. The number of ether oxygens (including phenoxy) is 1. The molecule has 2 aromatic rings. The summed E-state index contributed by atoms with van der Waals surface area (Å²) in [5, 5.41) is 9.98. The van der Waals surface area contributed by atoms with Crippen molar-refractivity contribution in [2.45, 2.75) is 64.3 Å². The summed E-state index contributed by atoms with van der Waals surface area (Å²) in [5.41, 5.74) is 2.54. The van der Waals surface area contributed by atoms with Gasteiger partial charge in [-0.25, -0.2) is 0 Å². The van der Waals surface area contributed by atoms with Crippen molar-refractivity contribution in [3.05, 3.63) is 53.9 Å². The molecular formula is C22H32N2O2. The molecule has 142 valence electrons. The summed E-state index contributed by atoms with van der Waals surface area (Å²) in [6.45, 7) is 4.37. The Morgan fingerprint density at radius 3 is 2.73 bits per heavy atom. The van der Waals surface area contributed by atoms with Crippen LogP contribution in [0.1, 0.15) is 50.3 Å². The Morgan fingerprint density at radius 1 is 1.19 bits per heavy atom. The van der Waals surface area contributed by atoms with Gasteiger partial charge in [-0.15, -0.1) is 0 Å². The van der Waals surface area contributed by atoms with Crippen molar-refractivity contribution in [1.82, 2.24) is 9.47 Å². The average molecular weight is 357 g/mol. The maximum absolute atomic E-state index is 9.98. The number of rotatable bonds is 8. The van der Waals surface area contributed by atoms with Crippen LogP contribution in [-0.2, 0) is 13.1 Å². The van der Waals surface area contributed by atoms with Crippen molar-refractivity contribution >= 4 is 0 Å². The summed E-state index contributed by atoms with van der Waals surface area (Å²) in [4.78, 5) is 2.49. The first-order chi connectivity index (χ1) is 12.7. The average Bonchev–Trinajstić information content (AvgIpc) is 3.08. The molecule has 1 saturated carbocycles. The second-order valence-corrected chi connectivity index (χ2v) is 7.55. The summed E-state index contributed by atoms with van der Waals surface area (Å²) in [7, 11) is 1.71. The zero-order valence-electron chi connectivity index (χ0n) is 16.1. The molecule has 0 spiro atoms. The Kier molecular flexibility index (Phi) is 6.75. The van der Waals surface area contributed by atoms with Crippen LogP contribution in [0.4, 0.5) is 0 Å². The van der Waals surface area contributed by atoms with Crippen molar-refractivity contribution in [1.29, 1.82) is 0 Å². The maximum atomic E-state index is 9.98. The first-order valence-electron chi connectivity index (χ1n) is 9.85. The summed E-state index contributed by atoms with van der Waals surface area (Å²) >= 11 is 0. The molecule has 0 unspecified atom stereocenters. The van der Waals surface area contributed by atoms with Crippen LogP contribution in [-0.4, -0.2) is 40.4 Å². The van der Waals surface area contributed by atoms with E-state index in [1.165, 1.54) is 43.4 Å². The van der Waals surface area contributed by atoms with Crippen molar-refractivity contribution in [3.8, 4) is 5.75 Å². The number of aliphatic hydroxyl groups excluding tert-OH is 1. The third-order valence-electron chi connectivity index (χ3n) is 5.37. The third-order valence-corrected chi connectivity index (χ3v) is 5.37. The van der Waals surface area contributed by atoms with Crippen LogP contribution >= 0.6 is 0 Å². The van der Waals surface area contributed by atoms with Crippen molar-refractivity contribution in [2.75, 3.05) is 13.7 Å². The molecule has 1 atom stereocenters. The normalized spacial score (nSPS) is 16.8. The van der Waals surface area contributed by atoms with E-state index in [0.717, 1.165) is 25.4 Å². The first-order valence-corrected chi connectivity index (χ1v) is 9.85. The number of aliphatic hydroxyl groups is 1. The van der Waals surface area contributed by atoms with Crippen LogP contribution in [0.5, 0.6) is 5.75 Å². The Balaban J connectivity index is 1.72. The Morgan fingerprint density at radius 2 is 2.00 bits per heavy atom. The maximum Gasteiger partial charge on any atom is 0.119 e. The van der Waals surface area contributed by atoms with Gasteiger partial charge >= 0.3 is 0 Å². The fraction of sp³-hybridized carbons (Fsp3) is 0.545. The molecule has 3 rings (SSSR count). The summed E-state index contributed by atoms with van der Waals surface area (Å²) < 4.78 is 7.66.